The number of hydrogen-bond donors (Lipinski definition) is 0. The minimum atomic E-state index is -1.63. The van der Waals surface area contributed by atoms with E-state index in [0.717, 1.165) is 122 Å². The van der Waals surface area contributed by atoms with Crippen molar-refractivity contribution < 1.29 is 42.9 Å². The Kier molecular flexibility index (Phi) is 52.7. The van der Waals surface area contributed by atoms with Crippen LogP contribution in [-0.2, 0) is 33.3 Å². The van der Waals surface area contributed by atoms with Crippen LogP contribution in [0.25, 0.3) is 0 Å². The number of carbonyl (C=O) groups is 3. The molecule has 75 heavy (non-hydrogen) atoms. The van der Waals surface area contributed by atoms with E-state index in [4.69, 9.17) is 18.9 Å². The number of quaternary nitrogens is 1. The van der Waals surface area contributed by atoms with Crippen molar-refractivity contribution >= 4 is 17.9 Å². The average molecular weight is 1040 g/mol. The van der Waals surface area contributed by atoms with E-state index >= 15 is 0 Å². The number of aliphatic carboxylic acids is 1. The van der Waals surface area contributed by atoms with E-state index in [1.54, 1.807) is 0 Å². The molecule has 0 spiro atoms. The van der Waals surface area contributed by atoms with Crippen LogP contribution >= 0.6 is 0 Å². The normalized spacial score (nSPS) is 13.7. The first-order chi connectivity index (χ1) is 36.6. The molecule has 0 fully saturated rings. The van der Waals surface area contributed by atoms with Crippen molar-refractivity contribution in [3.8, 4) is 0 Å². The lowest BCUT2D eigenvalue weighted by atomic mass is 10.1. The van der Waals surface area contributed by atoms with Crippen LogP contribution in [0.5, 0.6) is 0 Å². The molecule has 0 aromatic rings. The van der Waals surface area contributed by atoms with Crippen molar-refractivity contribution in [2.75, 3.05) is 47.5 Å². The van der Waals surface area contributed by atoms with Crippen LogP contribution in [0.3, 0.4) is 0 Å². The lowest BCUT2D eigenvalue weighted by Crippen LogP contribution is -2.44. The van der Waals surface area contributed by atoms with Gasteiger partial charge in [-0.1, -0.05) is 219 Å². The molecule has 2 unspecified atom stereocenters. The maximum atomic E-state index is 12.9. The van der Waals surface area contributed by atoms with Gasteiger partial charge in [0.05, 0.1) is 40.3 Å². The highest BCUT2D eigenvalue weighted by Gasteiger charge is 2.22. The molecule has 0 aromatic heterocycles. The van der Waals surface area contributed by atoms with E-state index in [1.807, 2.05) is 21.1 Å². The quantitative estimate of drug-likeness (QED) is 0.0195. The summed E-state index contributed by atoms with van der Waals surface area (Å²) in [5.41, 5.74) is 0. The zero-order valence-electron chi connectivity index (χ0n) is 48.4. The van der Waals surface area contributed by atoms with Gasteiger partial charge in [0.25, 0.3) is 0 Å². The molecule has 426 valence electrons. The van der Waals surface area contributed by atoms with E-state index in [0.29, 0.717) is 17.4 Å². The predicted molar refractivity (Wildman–Crippen MR) is 315 cm³/mol. The van der Waals surface area contributed by atoms with Crippen LogP contribution in [0.1, 0.15) is 219 Å². The fourth-order valence-electron chi connectivity index (χ4n) is 7.64. The van der Waals surface area contributed by atoms with E-state index in [1.165, 1.54) is 64.2 Å². The molecule has 0 amide bonds. The van der Waals surface area contributed by atoms with Crippen molar-refractivity contribution in [3.63, 3.8) is 0 Å². The summed E-state index contributed by atoms with van der Waals surface area (Å²) in [7, 11) is 5.91. The number of unbranched alkanes of at least 4 members (excludes halogenated alkanes) is 18. The molecule has 0 saturated heterocycles. The van der Waals surface area contributed by atoms with Crippen LogP contribution in [0.15, 0.2) is 122 Å². The molecule has 0 aliphatic rings. The summed E-state index contributed by atoms with van der Waals surface area (Å²) < 4.78 is 22.6. The fourth-order valence-corrected chi connectivity index (χ4v) is 7.64. The third-order valence-electron chi connectivity index (χ3n) is 12.2. The summed E-state index contributed by atoms with van der Waals surface area (Å²) in [6, 6.07) is 0. The fraction of sp³-hybridized carbons (Fsp3) is 0.652. The van der Waals surface area contributed by atoms with Gasteiger partial charge >= 0.3 is 11.9 Å². The van der Waals surface area contributed by atoms with E-state index in [2.05, 4.69) is 135 Å². The number of rotatable bonds is 53. The molecule has 0 heterocycles. The van der Waals surface area contributed by atoms with Gasteiger partial charge in [-0.3, -0.25) is 9.59 Å². The molecule has 0 bridgehead atoms. The molecule has 0 rings (SSSR count). The van der Waals surface area contributed by atoms with Crippen LogP contribution in [0.4, 0.5) is 0 Å². The molecule has 0 aliphatic carbocycles. The molecule has 0 aromatic carbocycles. The number of likely N-dealkylation sites (N-methyl/N-ethyl adjacent to an activating group) is 1. The standard InChI is InChI=1S/C66H109NO8/c1-6-8-10-12-14-16-18-20-21-22-23-24-25-26-27-28-29-30-31-32-33-34-35-36-37-38-39-40-41-42-43-45-47-49-51-53-55-57-64(69)75-62(61-74-66(65(70)71)72-59-58-67(3,4)5)60-73-63(68)56-54-52-50-48-46-44-19-17-15-13-11-9-7-2/h8,10,14,16-17,19-21,23-24,26-27,29-30,32-33,35-36,38-39,62,66H,6-7,9,11-13,15,18,22,25,28,31,34,37,40-61H2,1-5H3/b10-8-,16-14-,19-17-,21-20-,24-23-,27-26-,30-29-,33-32-,36-35-,39-38-. The molecule has 0 radical (unpaired) electrons. The zero-order valence-corrected chi connectivity index (χ0v) is 48.4. The third kappa shape index (κ3) is 57.2. The Morgan fingerprint density at radius 3 is 1.15 bits per heavy atom. The van der Waals surface area contributed by atoms with Crippen LogP contribution in [-0.4, -0.2) is 82.3 Å². The number of nitrogens with zero attached hydrogens (tertiary/aromatic N) is 1. The molecule has 0 saturated carbocycles. The Labute approximate surface area is 459 Å². The van der Waals surface area contributed by atoms with E-state index < -0.39 is 24.3 Å². The van der Waals surface area contributed by atoms with Gasteiger partial charge < -0.3 is 33.3 Å². The molecule has 0 N–H and O–H groups in total. The summed E-state index contributed by atoms with van der Waals surface area (Å²) in [4.78, 5) is 37.2. The van der Waals surface area contributed by atoms with Gasteiger partial charge in [0, 0.05) is 12.8 Å². The number of hydrogen-bond acceptors (Lipinski definition) is 8. The Balaban J connectivity index is 4.18. The number of carboxylic acids is 1. The van der Waals surface area contributed by atoms with Gasteiger partial charge in [-0.15, -0.1) is 0 Å². The molecule has 0 aliphatic heterocycles. The summed E-state index contributed by atoms with van der Waals surface area (Å²) in [5, 5.41) is 11.8. The maximum Gasteiger partial charge on any atom is 0.306 e. The van der Waals surface area contributed by atoms with Crippen molar-refractivity contribution in [1.82, 2.24) is 0 Å². The van der Waals surface area contributed by atoms with Crippen LogP contribution in [0, 0.1) is 0 Å². The van der Waals surface area contributed by atoms with E-state index in [9.17, 15) is 19.5 Å². The smallest absolute Gasteiger partial charge is 0.306 e. The van der Waals surface area contributed by atoms with Crippen molar-refractivity contribution in [1.29, 1.82) is 0 Å². The third-order valence-corrected chi connectivity index (χ3v) is 12.2. The minimum absolute atomic E-state index is 0.140. The highest BCUT2D eigenvalue weighted by Crippen LogP contribution is 2.14. The summed E-state index contributed by atoms with van der Waals surface area (Å²) in [5.74, 6) is -2.31. The van der Waals surface area contributed by atoms with Crippen LogP contribution < -0.4 is 5.11 Å². The van der Waals surface area contributed by atoms with E-state index in [-0.39, 0.29) is 38.6 Å². The number of ether oxygens (including phenoxy) is 4. The highest BCUT2D eigenvalue weighted by atomic mass is 16.7. The molecule has 9 heteroatoms. The van der Waals surface area contributed by atoms with Crippen LogP contribution in [0.2, 0.25) is 0 Å². The highest BCUT2D eigenvalue weighted by molar-refractivity contribution is 5.70. The minimum Gasteiger partial charge on any atom is -0.545 e. The van der Waals surface area contributed by atoms with Gasteiger partial charge in [-0.05, 0) is 109 Å². The lowest BCUT2D eigenvalue weighted by Gasteiger charge is -2.26. The number of carboxylic acid groups (broad SMARTS) is 1. The van der Waals surface area contributed by atoms with Gasteiger partial charge in [-0.2, -0.15) is 0 Å². The Hall–Kier alpha value is -4.31. The maximum absolute atomic E-state index is 12.9. The predicted octanol–water partition coefficient (Wildman–Crippen LogP) is 16.3. The first kappa shape index (κ1) is 70.7. The molecule has 2 atom stereocenters. The van der Waals surface area contributed by atoms with Gasteiger partial charge in [-0.25, -0.2) is 0 Å². The molecular weight excluding hydrogens is 935 g/mol. The monoisotopic (exact) mass is 1040 g/mol. The Morgan fingerprint density at radius 2 is 0.760 bits per heavy atom. The average Bonchev–Trinajstić information content (AvgIpc) is 3.38. The number of allylic oxidation sites excluding steroid dienone is 20. The SMILES string of the molecule is CC/C=C\C/C=C\C/C=C\C/C=C\C/C=C\C/C=C\C/C=C\C/C=C\C/C=C\CCCCCCCCCCCC(=O)OC(COC(=O)CCCCCCC/C=C\CCCCCC)COC(OCC[N+](C)(C)C)C(=O)[O-]. The topological polar surface area (TPSA) is 111 Å². The second kappa shape index (κ2) is 55.9. The Morgan fingerprint density at radius 1 is 0.413 bits per heavy atom. The van der Waals surface area contributed by atoms with Gasteiger partial charge in [0.1, 0.15) is 13.2 Å². The Bertz CT molecular complexity index is 1640. The lowest BCUT2D eigenvalue weighted by molar-refractivity contribution is -0.870. The van der Waals surface area contributed by atoms with Gasteiger partial charge in [0.15, 0.2) is 12.4 Å². The largest absolute Gasteiger partial charge is 0.545 e. The van der Waals surface area contributed by atoms with Crippen molar-refractivity contribution in [3.05, 3.63) is 122 Å². The van der Waals surface area contributed by atoms with Gasteiger partial charge in [0.2, 0.25) is 0 Å². The molecular formula is C66H109NO8. The molecule has 9 nitrogen and oxygen atoms in total. The van der Waals surface area contributed by atoms with Crippen molar-refractivity contribution in [2.24, 2.45) is 0 Å². The zero-order chi connectivity index (χ0) is 54.8. The number of carbonyl (C=O) groups excluding carboxylic acids is 3. The summed E-state index contributed by atoms with van der Waals surface area (Å²) >= 11 is 0. The van der Waals surface area contributed by atoms with Crippen molar-refractivity contribution in [2.45, 2.75) is 232 Å². The summed E-state index contributed by atoms with van der Waals surface area (Å²) in [6.07, 6.45) is 75.4. The second-order valence-corrected chi connectivity index (χ2v) is 20.5. The number of esters is 2. The summed E-state index contributed by atoms with van der Waals surface area (Å²) in [6.45, 7) is 4.58. The first-order valence-electron chi connectivity index (χ1n) is 29.7. The second-order valence-electron chi connectivity index (χ2n) is 20.5. The first-order valence-corrected chi connectivity index (χ1v) is 29.7.